The van der Waals surface area contributed by atoms with Crippen molar-refractivity contribution in [3.63, 3.8) is 0 Å². The Morgan fingerprint density at radius 2 is 1.56 bits per heavy atom. The molecule has 2 unspecified atom stereocenters. The average molecular weight is 265 g/mol. The Hall–Kier alpha value is -0.490. The molecule has 0 amide bonds. The van der Waals surface area contributed by atoms with Gasteiger partial charge in [-0.3, -0.25) is 0 Å². The van der Waals surface area contributed by atoms with Gasteiger partial charge in [0.05, 0.1) is 0 Å². The summed E-state index contributed by atoms with van der Waals surface area (Å²) in [6.07, 6.45) is 6.40. The first-order valence-corrected chi connectivity index (χ1v) is 7.66. The van der Waals surface area contributed by atoms with E-state index < -0.39 is 0 Å². The summed E-state index contributed by atoms with van der Waals surface area (Å²) >= 11 is 6.55. The predicted molar refractivity (Wildman–Crippen MR) is 80.6 cm³/mol. The maximum absolute atomic E-state index is 6.55. The Bertz CT molecular complexity index is 372. The van der Waals surface area contributed by atoms with Crippen LogP contribution in [0.2, 0.25) is 0 Å². The highest BCUT2D eigenvalue weighted by Gasteiger charge is 2.23. The molecule has 0 bridgehead atoms. The predicted octanol–water partition coefficient (Wildman–Crippen LogP) is 5.64. The molecule has 0 aromatic heterocycles. The summed E-state index contributed by atoms with van der Waals surface area (Å²) in [5.74, 6) is 0.559. The molecule has 1 aliphatic rings. The Kier molecular flexibility index (Phi) is 4.37. The van der Waals surface area contributed by atoms with Crippen LogP contribution in [0.3, 0.4) is 0 Å². The van der Waals surface area contributed by atoms with E-state index >= 15 is 0 Å². The summed E-state index contributed by atoms with van der Waals surface area (Å²) in [5.41, 5.74) is 3.08. The van der Waals surface area contributed by atoms with Crippen LogP contribution in [-0.2, 0) is 5.41 Å². The minimum atomic E-state index is 0.238. The minimum Gasteiger partial charge on any atom is -0.122 e. The first kappa shape index (κ1) is 13.9. The van der Waals surface area contributed by atoms with Gasteiger partial charge in [0.1, 0.15) is 0 Å². The number of hydrogen-bond donors (Lipinski definition) is 0. The maximum atomic E-state index is 6.55. The van der Waals surface area contributed by atoms with Crippen LogP contribution in [0.4, 0.5) is 0 Å². The highest BCUT2D eigenvalue weighted by atomic mass is 35.5. The zero-order valence-electron chi connectivity index (χ0n) is 11.9. The number of benzene rings is 1. The molecular weight excluding hydrogens is 240 g/mol. The van der Waals surface area contributed by atoms with E-state index in [1.807, 2.05) is 0 Å². The van der Waals surface area contributed by atoms with Crippen LogP contribution in [0.25, 0.3) is 0 Å². The lowest BCUT2D eigenvalue weighted by molar-refractivity contribution is 0.583. The molecule has 1 aromatic rings. The van der Waals surface area contributed by atoms with Gasteiger partial charge in [-0.05, 0) is 29.4 Å². The first-order chi connectivity index (χ1) is 8.48. The van der Waals surface area contributed by atoms with E-state index in [0.717, 1.165) is 0 Å². The maximum Gasteiger partial charge on any atom is 0.0404 e. The van der Waals surface area contributed by atoms with Gasteiger partial charge in [-0.1, -0.05) is 64.3 Å². The van der Waals surface area contributed by atoms with Crippen molar-refractivity contribution in [3.8, 4) is 0 Å². The average Bonchev–Trinajstić information content (AvgIpc) is 2.53. The van der Waals surface area contributed by atoms with Gasteiger partial charge in [0.25, 0.3) is 0 Å². The molecule has 1 aliphatic carbocycles. The molecule has 0 nitrogen and oxygen atoms in total. The van der Waals surface area contributed by atoms with E-state index in [1.165, 1.54) is 43.2 Å². The second kappa shape index (κ2) is 5.65. The van der Waals surface area contributed by atoms with Crippen LogP contribution in [0.1, 0.15) is 69.9 Å². The highest BCUT2D eigenvalue weighted by Crippen LogP contribution is 2.36. The molecule has 0 aliphatic heterocycles. The Labute approximate surface area is 117 Å². The second-order valence-electron chi connectivity index (χ2n) is 6.63. The molecule has 1 saturated carbocycles. The van der Waals surface area contributed by atoms with Crippen molar-refractivity contribution in [1.82, 2.24) is 0 Å². The largest absolute Gasteiger partial charge is 0.122 e. The van der Waals surface area contributed by atoms with Gasteiger partial charge in [-0.25, -0.2) is 0 Å². The number of hydrogen-bond acceptors (Lipinski definition) is 0. The van der Waals surface area contributed by atoms with Crippen molar-refractivity contribution < 1.29 is 0 Å². The lowest BCUT2D eigenvalue weighted by atomic mass is 9.84. The van der Waals surface area contributed by atoms with Gasteiger partial charge in [-0.2, -0.15) is 0 Å². The van der Waals surface area contributed by atoms with Gasteiger partial charge < -0.3 is 0 Å². The molecule has 1 aromatic carbocycles. The normalized spacial score (nSPS) is 25.8. The zero-order valence-corrected chi connectivity index (χ0v) is 12.6. The zero-order chi connectivity index (χ0) is 13.2. The molecular formula is C17H25Cl. The van der Waals surface area contributed by atoms with Gasteiger partial charge in [0, 0.05) is 11.3 Å². The van der Waals surface area contributed by atoms with Gasteiger partial charge in [0.15, 0.2) is 0 Å². The monoisotopic (exact) mass is 264 g/mol. The standard InChI is InChI=1S/C17H25Cl/c1-17(2,3)14-11-9-13(10-12-14)15-7-5-4-6-8-16(15)18/h9-12,15-16H,4-8H2,1-3H3. The summed E-state index contributed by atoms with van der Waals surface area (Å²) in [4.78, 5) is 0. The van der Waals surface area contributed by atoms with E-state index in [1.54, 1.807) is 0 Å². The number of alkyl halides is 1. The first-order valence-electron chi connectivity index (χ1n) is 7.23. The summed E-state index contributed by atoms with van der Waals surface area (Å²) < 4.78 is 0. The van der Waals surface area contributed by atoms with E-state index in [0.29, 0.717) is 11.3 Å². The molecule has 2 atom stereocenters. The fourth-order valence-electron chi connectivity index (χ4n) is 2.87. The molecule has 0 spiro atoms. The van der Waals surface area contributed by atoms with E-state index in [2.05, 4.69) is 45.0 Å². The minimum absolute atomic E-state index is 0.238. The van der Waals surface area contributed by atoms with E-state index in [-0.39, 0.29) is 5.41 Å². The van der Waals surface area contributed by atoms with E-state index in [4.69, 9.17) is 11.6 Å². The second-order valence-corrected chi connectivity index (χ2v) is 7.19. The Balaban J connectivity index is 2.17. The van der Waals surface area contributed by atoms with Crippen LogP contribution in [0.5, 0.6) is 0 Å². The third kappa shape index (κ3) is 3.29. The van der Waals surface area contributed by atoms with Crippen LogP contribution in [0.15, 0.2) is 24.3 Å². The van der Waals surface area contributed by atoms with Crippen LogP contribution < -0.4 is 0 Å². The topological polar surface area (TPSA) is 0 Å². The third-order valence-electron chi connectivity index (χ3n) is 4.14. The third-order valence-corrected chi connectivity index (χ3v) is 4.66. The quantitative estimate of drug-likeness (QED) is 0.455. The SMILES string of the molecule is CC(C)(C)c1ccc(C2CCCCCC2Cl)cc1. The van der Waals surface area contributed by atoms with Crippen LogP contribution >= 0.6 is 11.6 Å². The molecule has 1 heteroatoms. The van der Waals surface area contributed by atoms with Crippen molar-refractivity contribution in [1.29, 1.82) is 0 Å². The Morgan fingerprint density at radius 1 is 0.944 bits per heavy atom. The van der Waals surface area contributed by atoms with Crippen LogP contribution in [-0.4, -0.2) is 5.38 Å². The molecule has 100 valence electrons. The van der Waals surface area contributed by atoms with Crippen LogP contribution in [0, 0.1) is 0 Å². The summed E-state index contributed by atoms with van der Waals surface area (Å²) in [6, 6.07) is 9.16. The fraction of sp³-hybridized carbons (Fsp3) is 0.647. The van der Waals surface area contributed by atoms with Crippen molar-refractivity contribution in [3.05, 3.63) is 35.4 Å². The highest BCUT2D eigenvalue weighted by molar-refractivity contribution is 6.21. The van der Waals surface area contributed by atoms with Gasteiger partial charge >= 0.3 is 0 Å². The fourth-order valence-corrected chi connectivity index (χ4v) is 3.29. The summed E-state index contributed by atoms with van der Waals surface area (Å²) in [5, 5.41) is 0.327. The number of rotatable bonds is 1. The van der Waals surface area contributed by atoms with Crippen molar-refractivity contribution in [2.24, 2.45) is 0 Å². The lowest BCUT2D eigenvalue weighted by Crippen LogP contribution is -2.13. The van der Waals surface area contributed by atoms with Crippen molar-refractivity contribution >= 4 is 11.6 Å². The molecule has 0 radical (unpaired) electrons. The van der Waals surface area contributed by atoms with Crippen molar-refractivity contribution in [2.75, 3.05) is 0 Å². The van der Waals surface area contributed by atoms with Gasteiger partial charge in [-0.15, -0.1) is 11.6 Å². The summed E-state index contributed by atoms with van der Waals surface area (Å²) in [6.45, 7) is 6.79. The molecule has 0 saturated heterocycles. The van der Waals surface area contributed by atoms with Gasteiger partial charge in [0.2, 0.25) is 0 Å². The summed E-state index contributed by atoms with van der Waals surface area (Å²) in [7, 11) is 0. The van der Waals surface area contributed by atoms with E-state index in [9.17, 15) is 0 Å². The van der Waals surface area contributed by atoms with Crippen molar-refractivity contribution in [2.45, 2.75) is 69.6 Å². The molecule has 0 heterocycles. The Morgan fingerprint density at radius 3 is 2.17 bits per heavy atom. The lowest BCUT2D eigenvalue weighted by Gasteiger charge is -2.23. The molecule has 0 N–H and O–H groups in total. The molecule has 2 rings (SSSR count). The molecule has 18 heavy (non-hydrogen) atoms. The number of halogens is 1. The smallest absolute Gasteiger partial charge is 0.0404 e. The molecule has 1 fully saturated rings.